The lowest BCUT2D eigenvalue weighted by Gasteiger charge is -2.22. The third-order valence-electron chi connectivity index (χ3n) is 6.20. The molecule has 186 valence electrons. The molecule has 3 N–H and O–H groups in total. The maximum atomic E-state index is 13.1. The topological polar surface area (TPSA) is 115 Å². The van der Waals surface area contributed by atoms with Crippen molar-refractivity contribution < 1.29 is 19.8 Å². The van der Waals surface area contributed by atoms with Crippen LogP contribution in [0, 0.1) is 11.3 Å². The summed E-state index contributed by atoms with van der Waals surface area (Å²) in [5.41, 5.74) is 5.33. The highest BCUT2D eigenvalue weighted by Crippen LogP contribution is 2.27. The Bertz CT molecular complexity index is 1390. The van der Waals surface area contributed by atoms with E-state index in [2.05, 4.69) is 11.4 Å². The van der Waals surface area contributed by atoms with Gasteiger partial charge < -0.3 is 20.1 Å². The molecule has 0 spiro atoms. The molecule has 4 aromatic rings. The highest BCUT2D eigenvalue weighted by molar-refractivity contribution is 5.85. The van der Waals surface area contributed by atoms with E-state index in [1.165, 1.54) is 0 Å². The van der Waals surface area contributed by atoms with E-state index in [0.29, 0.717) is 12.0 Å². The van der Waals surface area contributed by atoms with Gasteiger partial charge in [0.05, 0.1) is 30.7 Å². The summed E-state index contributed by atoms with van der Waals surface area (Å²) in [6, 6.07) is 27.2. The van der Waals surface area contributed by atoms with Gasteiger partial charge in [-0.15, -0.1) is 0 Å². The van der Waals surface area contributed by atoms with Gasteiger partial charge in [0, 0.05) is 12.4 Å². The number of aliphatic hydroxyl groups is 1. The average Bonchev–Trinajstić information content (AvgIpc) is 3.42. The summed E-state index contributed by atoms with van der Waals surface area (Å²) < 4.78 is 1.60. The Kier molecular flexibility index (Phi) is 8.14. The second kappa shape index (κ2) is 11.8. The summed E-state index contributed by atoms with van der Waals surface area (Å²) in [7, 11) is 0. The predicted molar refractivity (Wildman–Crippen MR) is 140 cm³/mol. The number of carboxylic acids is 1. The lowest BCUT2D eigenvalue weighted by atomic mass is 10.0. The number of nitriles is 1. The molecule has 0 saturated carbocycles. The molecule has 7 heteroatoms. The molecule has 0 radical (unpaired) electrons. The lowest BCUT2D eigenvalue weighted by molar-refractivity contribution is -0.140. The van der Waals surface area contributed by atoms with Crippen LogP contribution in [0.3, 0.4) is 0 Å². The third-order valence-corrected chi connectivity index (χ3v) is 6.20. The van der Waals surface area contributed by atoms with Gasteiger partial charge in [-0.25, -0.2) is 0 Å². The number of carbonyl (C=O) groups excluding carboxylic acids is 1. The molecule has 1 heterocycles. The van der Waals surface area contributed by atoms with Crippen molar-refractivity contribution in [3.63, 3.8) is 0 Å². The van der Waals surface area contributed by atoms with Gasteiger partial charge in [0.25, 0.3) is 0 Å². The van der Waals surface area contributed by atoms with Crippen LogP contribution in [-0.4, -0.2) is 39.3 Å². The van der Waals surface area contributed by atoms with Crippen molar-refractivity contribution in [2.24, 2.45) is 0 Å². The normalized spacial score (nSPS) is 12.3. The summed E-state index contributed by atoms with van der Waals surface area (Å²) in [6.45, 7) is -0.261. The zero-order chi connectivity index (χ0) is 26.2. The second-order valence-electron chi connectivity index (χ2n) is 8.81. The number of aliphatic hydroxyl groups excluding tert-OH is 1. The fourth-order valence-corrected chi connectivity index (χ4v) is 4.23. The average molecular weight is 494 g/mol. The standard InChI is InChI=1S/C30H27N3O4/c31-18-22-6-8-23(9-7-22)24-10-12-25(13-11-24)26-14-15-33(19-26)28(17-29(35)36)30(37)32-27(20-34)16-21-4-2-1-3-5-21/h1-15,19,27-28,34H,16-17,20H2,(H,32,37)(H,35,36). The van der Waals surface area contributed by atoms with Crippen LogP contribution < -0.4 is 5.32 Å². The minimum Gasteiger partial charge on any atom is -0.481 e. The summed E-state index contributed by atoms with van der Waals surface area (Å²) >= 11 is 0. The number of aromatic nitrogens is 1. The van der Waals surface area contributed by atoms with Crippen LogP contribution in [-0.2, 0) is 16.0 Å². The van der Waals surface area contributed by atoms with Crippen molar-refractivity contribution >= 4 is 11.9 Å². The van der Waals surface area contributed by atoms with Gasteiger partial charge in [0.1, 0.15) is 6.04 Å². The first kappa shape index (κ1) is 25.4. The molecule has 1 aromatic heterocycles. The molecular weight excluding hydrogens is 466 g/mol. The van der Waals surface area contributed by atoms with Gasteiger partial charge in [-0.1, -0.05) is 66.7 Å². The largest absolute Gasteiger partial charge is 0.481 e. The van der Waals surface area contributed by atoms with E-state index in [1.807, 2.05) is 72.8 Å². The number of hydrogen-bond acceptors (Lipinski definition) is 4. The van der Waals surface area contributed by atoms with E-state index in [9.17, 15) is 19.8 Å². The van der Waals surface area contributed by atoms with Crippen LogP contribution in [0.25, 0.3) is 22.3 Å². The van der Waals surface area contributed by atoms with E-state index in [-0.39, 0.29) is 13.0 Å². The molecule has 1 amide bonds. The SMILES string of the molecule is N#Cc1ccc(-c2ccc(-c3ccn(C(CC(=O)O)C(=O)NC(CO)Cc4ccccc4)c3)cc2)cc1. The van der Waals surface area contributed by atoms with Crippen LogP contribution in [0.15, 0.2) is 97.3 Å². The summed E-state index contributed by atoms with van der Waals surface area (Å²) in [6.07, 6.45) is 3.50. The van der Waals surface area contributed by atoms with Gasteiger partial charge in [0.2, 0.25) is 5.91 Å². The van der Waals surface area contributed by atoms with Gasteiger partial charge in [-0.05, 0) is 52.4 Å². The van der Waals surface area contributed by atoms with Crippen LogP contribution in [0.5, 0.6) is 0 Å². The van der Waals surface area contributed by atoms with E-state index >= 15 is 0 Å². The van der Waals surface area contributed by atoms with Crippen molar-refractivity contribution in [1.82, 2.24) is 9.88 Å². The van der Waals surface area contributed by atoms with Gasteiger partial charge in [-0.3, -0.25) is 9.59 Å². The molecule has 4 rings (SSSR count). The monoisotopic (exact) mass is 493 g/mol. The molecular formula is C30H27N3O4. The number of hydrogen-bond donors (Lipinski definition) is 3. The zero-order valence-electron chi connectivity index (χ0n) is 20.1. The van der Waals surface area contributed by atoms with E-state index in [1.54, 1.807) is 29.1 Å². The molecule has 0 saturated heterocycles. The van der Waals surface area contributed by atoms with E-state index in [4.69, 9.17) is 5.26 Å². The quantitative estimate of drug-likeness (QED) is 0.302. The first-order valence-corrected chi connectivity index (χ1v) is 11.9. The van der Waals surface area contributed by atoms with Crippen molar-refractivity contribution in [3.05, 3.63) is 108 Å². The number of benzene rings is 3. The Morgan fingerprint density at radius 2 is 1.46 bits per heavy atom. The Labute approximate surface area is 215 Å². The van der Waals surface area contributed by atoms with Crippen molar-refractivity contribution in [2.75, 3.05) is 6.61 Å². The number of carboxylic acid groups (broad SMARTS) is 1. The molecule has 7 nitrogen and oxygen atoms in total. The Morgan fingerprint density at radius 3 is 2.03 bits per heavy atom. The zero-order valence-corrected chi connectivity index (χ0v) is 20.1. The summed E-state index contributed by atoms with van der Waals surface area (Å²) in [5.74, 6) is -1.55. The molecule has 0 bridgehead atoms. The van der Waals surface area contributed by atoms with E-state index in [0.717, 1.165) is 27.8 Å². The van der Waals surface area contributed by atoms with Crippen molar-refractivity contribution in [2.45, 2.75) is 24.9 Å². The number of rotatable bonds is 10. The Balaban J connectivity index is 1.50. The maximum Gasteiger partial charge on any atom is 0.306 e. The highest BCUT2D eigenvalue weighted by atomic mass is 16.4. The summed E-state index contributed by atoms with van der Waals surface area (Å²) in [4.78, 5) is 24.7. The highest BCUT2D eigenvalue weighted by Gasteiger charge is 2.25. The van der Waals surface area contributed by atoms with E-state index < -0.39 is 24.0 Å². The molecule has 0 aliphatic rings. The molecule has 2 atom stereocenters. The number of nitrogens with zero attached hydrogens (tertiary/aromatic N) is 2. The molecule has 3 aromatic carbocycles. The minimum atomic E-state index is -1.09. The maximum absolute atomic E-state index is 13.1. The van der Waals surface area contributed by atoms with Gasteiger partial charge in [0.15, 0.2) is 0 Å². The summed E-state index contributed by atoms with van der Waals surface area (Å²) in [5, 5.41) is 31.0. The fourth-order valence-electron chi connectivity index (χ4n) is 4.23. The fraction of sp³-hybridized carbons (Fsp3) is 0.167. The number of amides is 1. The smallest absolute Gasteiger partial charge is 0.306 e. The Morgan fingerprint density at radius 1 is 0.865 bits per heavy atom. The van der Waals surface area contributed by atoms with Crippen LogP contribution in [0.4, 0.5) is 0 Å². The molecule has 0 aliphatic heterocycles. The van der Waals surface area contributed by atoms with Gasteiger partial charge >= 0.3 is 5.97 Å². The third kappa shape index (κ3) is 6.51. The first-order chi connectivity index (χ1) is 18.0. The molecule has 2 unspecified atom stereocenters. The van der Waals surface area contributed by atoms with Crippen molar-refractivity contribution in [1.29, 1.82) is 5.26 Å². The van der Waals surface area contributed by atoms with Gasteiger partial charge in [-0.2, -0.15) is 5.26 Å². The second-order valence-corrected chi connectivity index (χ2v) is 8.81. The van der Waals surface area contributed by atoms with Crippen LogP contribution >= 0.6 is 0 Å². The number of nitrogens with one attached hydrogen (secondary N) is 1. The lowest BCUT2D eigenvalue weighted by Crippen LogP contribution is -2.43. The molecule has 0 fully saturated rings. The number of aliphatic carboxylic acids is 1. The first-order valence-electron chi connectivity index (χ1n) is 11.9. The predicted octanol–water partition coefficient (Wildman–Crippen LogP) is 4.43. The van der Waals surface area contributed by atoms with Crippen LogP contribution in [0.2, 0.25) is 0 Å². The van der Waals surface area contributed by atoms with Crippen molar-refractivity contribution in [3.8, 4) is 28.3 Å². The molecule has 37 heavy (non-hydrogen) atoms. The molecule has 0 aliphatic carbocycles. The Hall–Kier alpha value is -4.67. The minimum absolute atomic E-state index is 0.261. The van der Waals surface area contributed by atoms with Crippen LogP contribution in [0.1, 0.15) is 23.6 Å². The number of carbonyl (C=O) groups is 2.